The second-order valence-corrected chi connectivity index (χ2v) is 15.8. The first kappa shape index (κ1) is 44.0. The van der Waals surface area contributed by atoms with Crippen LogP contribution in [0.4, 0.5) is 10.5 Å². The van der Waals surface area contributed by atoms with Crippen molar-refractivity contribution in [2.75, 3.05) is 24.5 Å². The van der Waals surface area contributed by atoms with Crippen LogP contribution >= 0.6 is 0 Å². The Morgan fingerprint density at radius 1 is 0.772 bits per heavy atom. The fourth-order valence-corrected chi connectivity index (χ4v) is 7.81. The van der Waals surface area contributed by atoms with Gasteiger partial charge in [-0.15, -0.1) is 0 Å². The summed E-state index contributed by atoms with van der Waals surface area (Å²) >= 11 is 0. The van der Waals surface area contributed by atoms with Gasteiger partial charge in [0.25, 0.3) is 5.91 Å². The van der Waals surface area contributed by atoms with Crippen LogP contribution in [0.3, 0.4) is 0 Å². The second kappa shape index (κ2) is 23.3. The molecule has 5 atom stereocenters. The Morgan fingerprint density at radius 2 is 1.37 bits per heavy atom. The summed E-state index contributed by atoms with van der Waals surface area (Å²) in [7, 11) is 0. The van der Waals surface area contributed by atoms with Gasteiger partial charge in [-0.2, -0.15) is 0 Å². The minimum absolute atomic E-state index is 0.0227. The lowest BCUT2D eigenvalue weighted by Crippen LogP contribution is -2.45. The quantitative estimate of drug-likeness (QED) is 0.0722. The zero-order valence-corrected chi connectivity index (χ0v) is 34.4. The number of unbranched alkanes of at least 4 members (excludes halogenated alkanes) is 10. The highest BCUT2D eigenvalue weighted by molar-refractivity contribution is 6.22. The van der Waals surface area contributed by atoms with E-state index in [0.29, 0.717) is 5.69 Å². The van der Waals surface area contributed by atoms with Crippen molar-refractivity contribution in [3.8, 4) is 0 Å². The molecule has 2 aliphatic heterocycles. The van der Waals surface area contributed by atoms with E-state index in [9.17, 15) is 19.5 Å². The topological polar surface area (TPSA) is 118 Å². The van der Waals surface area contributed by atoms with Gasteiger partial charge < -0.3 is 29.5 Å². The summed E-state index contributed by atoms with van der Waals surface area (Å²) in [5, 5.41) is 12.3. The van der Waals surface area contributed by atoms with Gasteiger partial charge in [0.2, 0.25) is 5.91 Å². The summed E-state index contributed by atoms with van der Waals surface area (Å²) in [6.45, 7) is 9.64. The maximum atomic E-state index is 13.4. The van der Waals surface area contributed by atoms with Crippen molar-refractivity contribution >= 4 is 23.6 Å². The summed E-state index contributed by atoms with van der Waals surface area (Å²) in [6, 6.07) is 23.3. The van der Waals surface area contributed by atoms with Gasteiger partial charge in [0.15, 0.2) is 6.29 Å². The number of nitrogens with one attached hydrogen (secondary N) is 1. The second-order valence-electron chi connectivity index (χ2n) is 15.8. The lowest BCUT2D eigenvalue weighted by atomic mass is 9.90. The van der Waals surface area contributed by atoms with E-state index in [2.05, 4.69) is 31.0 Å². The van der Waals surface area contributed by atoms with Crippen molar-refractivity contribution in [1.29, 1.82) is 0 Å². The molecule has 3 aromatic carbocycles. The number of amides is 3. The fourth-order valence-electron chi connectivity index (χ4n) is 7.81. The molecule has 2 N–H and O–H groups in total. The highest BCUT2D eigenvalue weighted by atomic mass is 16.7. The average molecular weight is 784 g/mol. The van der Waals surface area contributed by atoms with Gasteiger partial charge in [-0.3, -0.25) is 9.59 Å². The molecule has 5 rings (SSSR count). The minimum Gasteiger partial charge on any atom is -0.445 e. The van der Waals surface area contributed by atoms with Gasteiger partial charge in [-0.25, -0.2) is 9.69 Å². The highest BCUT2D eigenvalue weighted by Crippen LogP contribution is 2.42. The fraction of sp³-hybridized carbons (Fsp3) is 0.553. The van der Waals surface area contributed by atoms with Crippen LogP contribution in [0.1, 0.15) is 139 Å². The van der Waals surface area contributed by atoms with Crippen molar-refractivity contribution < 1.29 is 33.7 Å². The number of aliphatic hydroxyl groups excluding tert-OH is 1. The average Bonchev–Trinajstić information content (AvgIpc) is 3.51. The number of rotatable bonds is 23. The molecule has 0 saturated carbocycles. The molecule has 0 radical (unpaired) electrons. The predicted octanol–water partition coefficient (Wildman–Crippen LogP) is 9.55. The number of carbonyl (C=O) groups is 3. The van der Waals surface area contributed by atoms with Crippen molar-refractivity contribution in [3.05, 3.63) is 101 Å². The summed E-state index contributed by atoms with van der Waals surface area (Å²) in [5.74, 6) is -0.853. The zero-order chi connectivity index (χ0) is 40.4. The number of anilines is 1. The van der Waals surface area contributed by atoms with Crippen LogP contribution < -0.4 is 10.2 Å². The number of benzene rings is 3. The molecule has 2 heterocycles. The van der Waals surface area contributed by atoms with E-state index < -0.39 is 30.2 Å². The molecular formula is C47H65N3O7. The number of nitrogens with zero attached hydrogens (tertiary/aromatic N) is 2. The molecule has 3 amide bonds. The molecule has 10 nitrogen and oxygen atoms in total. The third-order valence-electron chi connectivity index (χ3n) is 11.3. The van der Waals surface area contributed by atoms with Crippen LogP contribution in [-0.2, 0) is 37.0 Å². The predicted molar refractivity (Wildman–Crippen MR) is 223 cm³/mol. The van der Waals surface area contributed by atoms with Crippen LogP contribution in [0.5, 0.6) is 0 Å². The summed E-state index contributed by atoms with van der Waals surface area (Å²) in [6.07, 6.45) is 13.1. The Morgan fingerprint density at radius 3 is 1.98 bits per heavy atom. The van der Waals surface area contributed by atoms with Crippen LogP contribution in [-0.4, -0.2) is 59.7 Å². The van der Waals surface area contributed by atoms with E-state index >= 15 is 0 Å². The Kier molecular flexibility index (Phi) is 18.0. The summed E-state index contributed by atoms with van der Waals surface area (Å²) in [4.78, 5) is 42.7. The summed E-state index contributed by atoms with van der Waals surface area (Å²) < 4.78 is 18.9. The van der Waals surface area contributed by atoms with Crippen molar-refractivity contribution in [1.82, 2.24) is 10.2 Å². The van der Waals surface area contributed by atoms with Crippen molar-refractivity contribution in [3.63, 3.8) is 0 Å². The normalized spacial score (nSPS) is 21.0. The molecule has 0 aliphatic carbocycles. The first-order valence-corrected chi connectivity index (χ1v) is 21.5. The van der Waals surface area contributed by atoms with Gasteiger partial charge in [0, 0.05) is 18.0 Å². The van der Waals surface area contributed by atoms with Gasteiger partial charge in [-0.1, -0.05) is 152 Å². The molecule has 5 unspecified atom stereocenters. The molecule has 2 saturated heterocycles. The van der Waals surface area contributed by atoms with Gasteiger partial charge >= 0.3 is 6.09 Å². The first-order valence-electron chi connectivity index (χ1n) is 21.5. The highest BCUT2D eigenvalue weighted by Gasteiger charge is 2.42. The zero-order valence-electron chi connectivity index (χ0n) is 34.4. The van der Waals surface area contributed by atoms with E-state index in [1.54, 1.807) is 12.1 Å². The lowest BCUT2D eigenvalue weighted by molar-refractivity contribution is -0.276. The smallest absolute Gasteiger partial charge is 0.408 e. The van der Waals surface area contributed by atoms with E-state index in [1.807, 2.05) is 66.7 Å². The molecule has 310 valence electrons. The Hall–Kier alpha value is -4.09. The Balaban J connectivity index is 1.27. The van der Waals surface area contributed by atoms with E-state index in [4.69, 9.17) is 14.2 Å². The largest absolute Gasteiger partial charge is 0.445 e. The number of aliphatic hydroxyl groups is 1. The van der Waals surface area contributed by atoms with Crippen LogP contribution in [0.15, 0.2) is 78.9 Å². The third-order valence-corrected chi connectivity index (χ3v) is 11.3. The van der Waals surface area contributed by atoms with Crippen LogP contribution in [0.25, 0.3) is 0 Å². The first-order chi connectivity index (χ1) is 27.8. The van der Waals surface area contributed by atoms with E-state index in [-0.39, 0.29) is 37.8 Å². The third kappa shape index (κ3) is 13.2. The minimum atomic E-state index is -1.01. The van der Waals surface area contributed by atoms with Crippen LogP contribution in [0, 0.1) is 5.92 Å². The lowest BCUT2D eigenvalue weighted by Gasteiger charge is -2.43. The molecular weight excluding hydrogens is 719 g/mol. The molecule has 0 bridgehead atoms. The van der Waals surface area contributed by atoms with E-state index in [1.165, 1.54) is 77.0 Å². The van der Waals surface area contributed by atoms with Crippen molar-refractivity contribution in [2.45, 2.75) is 142 Å². The molecule has 2 aliphatic rings. The van der Waals surface area contributed by atoms with Gasteiger partial charge in [0.05, 0.1) is 30.9 Å². The number of carbonyl (C=O) groups excluding carboxylic acids is 3. The molecule has 3 aromatic rings. The van der Waals surface area contributed by atoms with Crippen molar-refractivity contribution in [2.24, 2.45) is 5.92 Å². The number of alkyl carbamates (subject to hydrolysis) is 1. The number of imide groups is 1. The number of hydrogen-bond donors (Lipinski definition) is 2. The molecule has 57 heavy (non-hydrogen) atoms. The SMILES string of the molecule is CCCCCCCCN(CCCCCCCC)CC1OC(c2ccc(N3C(=O)CC(NC(=O)OCc4ccccc4)C3=O)cc2)OC(c2ccc(CO)cc2)C1C. The molecule has 2 fully saturated rings. The number of ether oxygens (including phenoxy) is 3. The molecule has 0 spiro atoms. The Labute approximate surface area is 340 Å². The molecule has 0 aromatic heterocycles. The maximum Gasteiger partial charge on any atom is 0.408 e. The van der Waals surface area contributed by atoms with E-state index in [0.717, 1.165) is 46.8 Å². The Bertz CT molecular complexity index is 1640. The monoisotopic (exact) mass is 783 g/mol. The summed E-state index contributed by atoms with van der Waals surface area (Å²) in [5.41, 5.74) is 3.89. The maximum absolute atomic E-state index is 13.4. The van der Waals surface area contributed by atoms with Gasteiger partial charge in [0.1, 0.15) is 12.6 Å². The van der Waals surface area contributed by atoms with Crippen LogP contribution in [0.2, 0.25) is 0 Å². The standard InChI is InChI=1S/C47H65N3O7/c1-4-6-8-10-12-17-29-49(30-18-13-11-9-7-5-2)32-42-35(3)44(38-23-21-36(33-51)22-24-38)57-46(56-42)39-25-27-40(28-26-39)50-43(52)31-41(45(50)53)48-47(54)55-34-37-19-15-14-16-20-37/h14-16,19-28,35,41-42,44,46,51H,4-13,17-18,29-34H2,1-3H3,(H,48,54). The number of hydrogen-bond acceptors (Lipinski definition) is 8. The van der Waals surface area contributed by atoms with Gasteiger partial charge in [-0.05, 0) is 54.8 Å². The molecule has 10 heteroatoms.